The minimum atomic E-state index is 0.242. The summed E-state index contributed by atoms with van der Waals surface area (Å²) in [5.41, 5.74) is 12.5. The maximum Gasteiger partial charge on any atom is 0.0156 e. The van der Waals surface area contributed by atoms with Gasteiger partial charge in [-0.1, -0.05) is 159 Å². The Labute approximate surface area is 267 Å². The molecule has 0 heterocycles. The topological polar surface area (TPSA) is 0 Å². The summed E-state index contributed by atoms with van der Waals surface area (Å²) >= 11 is 0. The van der Waals surface area contributed by atoms with E-state index in [4.69, 9.17) is 0 Å². The second kappa shape index (κ2) is 11.5. The Bertz CT molecular complexity index is 2130. The standard InChI is InChI=1S/C45H38/c1-30-19-20-39-27-37-15-8-9-16-38(37)29-43(39)45-41(30)17-10-18-42(45)34-22-24-35(25-23-34)44(31(2)32-11-4-3-5-12-32)40-26-21-33-13-6-7-14-36(33)28-40/h3-18,21-31,44H,19-20H2,1-2H3/t30?,31-,44?/m0/s1. The number of hydrogen-bond acceptors (Lipinski definition) is 0. The summed E-state index contributed by atoms with van der Waals surface area (Å²) in [6.07, 6.45) is 2.28. The highest BCUT2D eigenvalue weighted by atomic mass is 14.3. The second-order valence-corrected chi connectivity index (χ2v) is 13.0. The average Bonchev–Trinajstić information content (AvgIpc) is 3.24. The van der Waals surface area contributed by atoms with E-state index < -0.39 is 0 Å². The minimum Gasteiger partial charge on any atom is -0.0622 e. The maximum atomic E-state index is 2.44. The van der Waals surface area contributed by atoms with E-state index in [9.17, 15) is 0 Å². The van der Waals surface area contributed by atoms with E-state index in [2.05, 4.69) is 166 Å². The van der Waals surface area contributed by atoms with Crippen LogP contribution in [0, 0.1) is 0 Å². The van der Waals surface area contributed by atoms with Gasteiger partial charge in [-0.3, -0.25) is 0 Å². The molecule has 0 heteroatoms. The molecule has 0 radical (unpaired) electrons. The molecule has 0 bridgehead atoms. The van der Waals surface area contributed by atoms with Crippen LogP contribution < -0.4 is 0 Å². The summed E-state index contributed by atoms with van der Waals surface area (Å²) in [7, 11) is 0. The van der Waals surface area contributed by atoms with Gasteiger partial charge in [0.15, 0.2) is 0 Å². The first-order valence-corrected chi connectivity index (χ1v) is 16.4. The van der Waals surface area contributed by atoms with Gasteiger partial charge >= 0.3 is 0 Å². The zero-order valence-electron chi connectivity index (χ0n) is 26.1. The summed E-state index contributed by atoms with van der Waals surface area (Å²) in [5.74, 6) is 1.08. The van der Waals surface area contributed by atoms with Gasteiger partial charge in [0, 0.05) is 5.92 Å². The third kappa shape index (κ3) is 5.05. The van der Waals surface area contributed by atoms with Crippen LogP contribution in [0.15, 0.2) is 152 Å². The number of hydrogen-bond donors (Lipinski definition) is 0. The molecule has 1 aliphatic carbocycles. The summed E-state index contributed by atoms with van der Waals surface area (Å²) in [5, 5.41) is 5.23. The van der Waals surface area contributed by atoms with Gasteiger partial charge in [-0.25, -0.2) is 0 Å². The zero-order chi connectivity index (χ0) is 30.3. The lowest BCUT2D eigenvalue weighted by Crippen LogP contribution is -2.10. The van der Waals surface area contributed by atoms with Crippen molar-refractivity contribution < 1.29 is 0 Å². The smallest absolute Gasteiger partial charge is 0.0156 e. The van der Waals surface area contributed by atoms with E-state index in [0.717, 1.165) is 6.42 Å². The van der Waals surface area contributed by atoms with E-state index in [0.29, 0.717) is 11.8 Å². The Kier molecular flexibility index (Phi) is 7.07. The van der Waals surface area contributed by atoms with Crippen molar-refractivity contribution in [2.45, 2.75) is 44.4 Å². The van der Waals surface area contributed by atoms with Crippen LogP contribution in [0.4, 0.5) is 0 Å². The molecule has 0 N–H and O–H groups in total. The quantitative estimate of drug-likeness (QED) is 0.191. The lowest BCUT2D eigenvalue weighted by atomic mass is 9.77. The number of fused-ring (bicyclic) bond motifs is 5. The summed E-state index contributed by atoms with van der Waals surface area (Å²) in [6.45, 7) is 4.78. The van der Waals surface area contributed by atoms with Gasteiger partial charge in [-0.15, -0.1) is 0 Å². The molecule has 0 aromatic heterocycles. The molecule has 7 aromatic rings. The number of benzene rings is 7. The minimum absolute atomic E-state index is 0.242. The van der Waals surface area contributed by atoms with Crippen LogP contribution in [-0.2, 0) is 6.42 Å². The molecular formula is C45H38. The van der Waals surface area contributed by atoms with Crippen LogP contribution in [-0.4, -0.2) is 0 Å². The second-order valence-electron chi connectivity index (χ2n) is 13.0. The van der Waals surface area contributed by atoms with Gasteiger partial charge in [-0.2, -0.15) is 0 Å². The molecule has 0 saturated carbocycles. The summed E-state index contributed by atoms with van der Waals surface area (Å²) < 4.78 is 0. The molecule has 0 saturated heterocycles. The third-order valence-electron chi connectivity index (χ3n) is 10.3. The zero-order valence-corrected chi connectivity index (χ0v) is 26.1. The lowest BCUT2D eigenvalue weighted by Gasteiger charge is -2.26. The Morgan fingerprint density at radius 2 is 1.16 bits per heavy atom. The van der Waals surface area contributed by atoms with Crippen molar-refractivity contribution in [3.8, 4) is 22.3 Å². The van der Waals surface area contributed by atoms with Crippen molar-refractivity contribution in [2.24, 2.45) is 0 Å². The van der Waals surface area contributed by atoms with Crippen molar-refractivity contribution in [1.82, 2.24) is 0 Å². The number of rotatable bonds is 5. The number of aryl methyl sites for hydroxylation is 1. The van der Waals surface area contributed by atoms with Gasteiger partial charge in [0.1, 0.15) is 0 Å². The summed E-state index contributed by atoms with van der Waals surface area (Å²) in [6, 6.07) is 56.8. The van der Waals surface area contributed by atoms with Crippen molar-refractivity contribution in [3.05, 3.63) is 179 Å². The fourth-order valence-corrected chi connectivity index (χ4v) is 7.77. The highest BCUT2D eigenvalue weighted by Gasteiger charge is 2.25. The van der Waals surface area contributed by atoms with Crippen molar-refractivity contribution in [2.75, 3.05) is 0 Å². The van der Waals surface area contributed by atoms with Crippen LogP contribution in [0.3, 0.4) is 0 Å². The highest BCUT2D eigenvalue weighted by Crippen LogP contribution is 2.46. The van der Waals surface area contributed by atoms with E-state index in [-0.39, 0.29) is 5.92 Å². The molecule has 45 heavy (non-hydrogen) atoms. The Morgan fingerprint density at radius 3 is 1.91 bits per heavy atom. The lowest BCUT2D eigenvalue weighted by molar-refractivity contribution is 0.658. The van der Waals surface area contributed by atoms with E-state index in [1.807, 2.05) is 0 Å². The first-order chi connectivity index (χ1) is 22.1. The monoisotopic (exact) mass is 578 g/mol. The largest absolute Gasteiger partial charge is 0.0622 e. The maximum absolute atomic E-state index is 2.44. The predicted octanol–water partition coefficient (Wildman–Crippen LogP) is 12.3. The van der Waals surface area contributed by atoms with E-state index in [1.165, 1.54) is 78.0 Å². The van der Waals surface area contributed by atoms with Crippen LogP contribution in [0.1, 0.15) is 65.8 Å². The first-order valence-electron chi connectivity index (χ1n) is 16.4. The molecule has 218 valence electrons. The molecule has 0 nitrogen and oxygen atoms in total. The average molecular weight is 579 g/mol. The molecule has 8 rings (SSSR count). The molecule has 3 atom stereocenters. The van der Waals surface area contributed by atoms with E-state index in [1.54, 1.807) is 0 Å². The fourth-order valence-electron chi connectivity index (χ4n) is 7.77. The molecule has 7 aromatic carbocycles. The Balaban J connectivity index is 1.25. The van der Waals surface area contributed by atoms with Crippen LogP contribution in [0.5, 0.6) is 0 Å². The molecule has 1 aliphatic rings. The molecule has 2 unspecified atom stereocenters. The molecular weight excluding hydrogens is 540 g/mol. The van der Waals surface area contributed by atoms with Gasteiger partial charge in [-0.05, 0) is 102 Å². The van der Waals surface area contributed by atoms with Crippen LogP contribution in [0.2, 0.25) is 0 Å². The molecule has 0 fully saturated rings. The van der Waals surface area contributed by atoms with E-state index >= 15 is 0 Å². The Morgan fingerprint density at radius 1 is 0.511 bits per heavy atom. The SMILES string of the molecule is CC1CCc2cc3ccccc3cc2-c2c(-c3ccc(C(c4ccc5ccccc5c4)[C@@H](C)c4ccccc4)cc3)cccc21. The van der Waals surface area contributed by atoms with Crippen molar-refractivity contribution in [3.63, 3.8) is 0 Å². The van der Waals surface area contributed by atoms with Crippen molar-refractivity contribution >= 4 is 21.5 Å². The fraction of sp³-hybridized carbons (Fsp3) is 0.156. The molecule has 0 spiro atoms. The van der Waals surface area contributed by atoms with Crippen LogP contribution >= 0.6 is 0 Å². The van der Waals surface area contributed by atoms with Gasteiger partial charge in [0.05, 0.1) is 0 Å². The Hall–Kier alpha value is -4.94. The third-order valence-corrected chi connectivity index (χ3v) is 10.3. The van der Waals surface area contributed by atoms with Gasteiger partial charge in [0.25, 0.3) is 0 Å². The molecule has 0 amide bonds. The first kappa shape index (κ1) is 27.6. The van der Waals surface area contributed by atoms with Crippen molar-refractivity contribution in [1.29, 1.82) is 0 Å². The predicted molar refractivity (Wildman–Crippen MR) is 192 cm³/mol. The normalized spacial score (nSPS) is 15.6. The van der Waals surface area contributed by atoms with Gasteiger partial charge < -0.3 is 0 Å². The highest BCUT2D eigenvalue weighted by molar-refractivity contribution is 5.95. The van der Waals surface area contributed by atoms with Gasteiger partial charge in [0.2, 0.25) is 0 Å². The van der Waals surface area contributed by atoms with Crippen LogP contribution in [0.25, 0.3) is 43.8 Å². The summed E-state index contributed by atoms with van der Waals surface area (Å²) in [4.78, 5) is 0. The molecule has 0 aliphatic heterocycles.